The zero-order valence-corrected chi connectivity index (χ0v) is 8.65. The van der Waals surface area contributed by atoms with E-state index in [-0.39, 0.29) is 5.69 Å². The van der Waals surface area contributed by atoms with Gasteiger partial charge in [-0.05, 0) is 6.92 Å². The van der Waals surface area contributed by atoms with Crippen molar-refractivity contribution in [1.29, 1.82) is 0 Å². The molecule has 1 rings (SSSR count). The number of sulfonamides is 1. The summed E-state index contributed by atoms with van der Waals surface area (Å²) in [6, 6.07) is 0. The van der Waals surface area contributed by atoms with Gasteiger partial charge in [-0.1, -0.05) is 0 Å². The zero-order valence-electron chi connectivity index (χ0n) is 7.84. The summed E-state index contributed by atoms with van der Waals surface area (Å²) in [5.41, 5.74) is 0.141. The summed E-state index contributed by atoms with van der Waals surface area (Å²) in [4.78, 5) is 17.7. The Kier molecular flexibility index (Phi) is 3.20. The molecule has 2 N–H and O–H groups in total. The summed E-state index contributed by atoms with van der Waals surface area (Å²) in [6.45, 7) is 1.65. The normalized spacial score (nSPS) is 11.0. The molecule has 0 aromatic carbocycles. The predicted octanol–water partition coefficient (Wildman–Crippen LogP) is -0.389. The Labute approximate surface area is 86.2 Å². The summed E-state index contributed by atoms with van der Waals surface area (Å²) in [6.07, 6.45) is 2.53. The molecule has 8 heteroatoms. The quantitative estimate of drug-likeness (QED) is 0.730. The van der Waals surface area contributed by atoms with Crippen LogP contribution < -0.4 is 4.72 Å². The van der Waals surface area contributed by atoms with Gasteiger partial charge in [-0.3, -0.25) is 9.52 Å². The molecule has 0 aliphatic heterocycles. The van der Waals surface area contributed by atoms with Gasteiger partial charge in [0.2, 0.25) is 10.0 Å². The second-order valence-corrected chi connectivity index (χ2v) is 4.50. The van der Waals surface area contributed by atoms with Crippen molar-refractivity contribution < 1.29 is 18.3 Å². The van der Waals surface area contributed by atoms with Gasteiger partial charge < -0.3 is 5.11 Å². The van der Waals surface area contributed by atoms with E-state index in [1.165, 1.54) is 12.4 Å². The molecular weight excluding hydrogens is 222 g/mol. The first-order valence-electron chi connectivity index (χ1n) is 3.90. The number of hydrogen-bond acceptors (Lipinski definition) is 5. The fraction of sp³-hybridized carbons (Fsp3) is 0.286. The lowest BCUT2D eigenvalue weighted by Gasteiger charge is -2.04. The van der Waals surface area contributed by atoms with Crippen LogP contribution in [-0.2, 0) is 14.8 Å². The summed E-state index contributed by atoms with van der Waals surface area (Å²) in [5, 5.41) is 8.32. The molecule has 1 heterocycles. The fourth-order valence-electron chi connectivity index (χ4n) is 0.823. The van der Waals surface area contributed by atoms with E-state index in [9.17, 15) is 13.2 Å². The van der Waals surface area contributed by atoms with Gasteiger partial charge in [-0.15, -0.1) is 0 Å². The Bertz CT molecular complexity index is 454. The lowest BCUT2D eigenvalue weighted by molar-refractivity contribution is -0.134. The molecule has 7 nitrogen and oxygen atoms in total. The molecule has 0 bridgehead atoms. The van der Waals surface area contributed by atoms with Crippen molar-refractivity contribution in [2.24, 2.45) is 0 Å². The van der Waals surface area contributed by atoms with Crippen LogP contribution in [0.2, 0.25) is 0 Å². The van der Waals surface area contributed by atoms with Crippen LogP contribution in [0, 0.1) is 6.92 Å². The van der Waals surface area contributed by atoms with Crippen molar-refractivity contribution in [3.8, 4) is 0 Å². The number of rotatable bonds is 4. The third-order valence-corrected chi connectivity index (χ3v) is 2.54. The van der Waals surface area contributed by atoms with Crippen LogP contribution in [-0.4, -0.2) is 35.2 Å². The maximum absolute atomic E-state index is 11.1. The van der Waals surface area contributed by atoms with Gasteiger partial charge in [0.15, 0.2) is 5.75 Å². The van der Waals surface area contributed by atoms with Crippen LogP contribution in [0.5, 0.6) is 0 Å². The Morgan fingerprint density at radius 1 is 1.47 bits per heavy atom. The number of hydrogen-bond donors (Lipinski definition) is 2. The molecule has 0 radical (unpaired) electrons. The van der Waals surface area contributed by atoms with Gasteiger partial charge in [0, 0.05) is 0 Å². The number of carboxylic acids is 1. The summed E-state index contributed by atoms with van der Waals surface area (Å²) < 4.78 is 24.3. The third kappa shape index (κ3) is 3.90. The number of carbonyl (C=O) groups is 1. The number of aryl methyl sites for hydroxylation is 1. The van der Waals surface area contributed by atoms with Crippen LogP contribution >= 0.6 is 0 Å². The highest BCUT2D eigenvalue weighted by atomic mass is 32.2. The topological polar surface area (TPSA) is 109 Å². The number of anilines is 1. The SMILES string of the molecule is Cc1ncc(NS(=O)(=O)CC(=O)O)cn1. The second kappa shape index (κ2) is 4.22. The van der Waals surface area contributed by atoms with E-state index in [1.54, 1.807) is 6.92 Å². The lowest BCUT2D eigenvalue weighted by atomic mass is 10.5. The first-order chi connectivity index (χ1) is 6.89. The molecule has 82 valence electrons. The van der Waals surface area contributed by atoms with E-state index in [2.05, 4.69) is 9.97 Å². The number of carboxylic acid groups (broad SMARTS) is 1. The molecule has 0 saturated heterocycles. The Hall–Kier alpha value is -1.70. The minimum absolute atomic E-state index is 0.141. The minimum Gasteiger partial charge on any atom is -0.480 e. The van der Waals surface area contributed by atoms with Crippen LogP contribution in [0.1, 0.15) is 5.82 Å². The molecule has 15 heavy (non-hydrogen) atoms. The average molecular weight is 231 g/mol. The molecule has 1 aromatic rings. The molecule has 0 fully saturated rings. The molecule has 0 atom stereocenters. The maximum Gasteiger partial charge on any atom is 0.320 e. The van der Waals surface area contributed by atoms with Crippen molar-refractivity contribution >= 4 is 21.7 Å². The third-order valence-electron chi connectivity index (χ3n) is 1.37. The van der Waals surface area contributed by atoms with E-state index in [1.807, 2.05) is 4.72 Å². The van der Waals surface area contributed by atoms with Crippen molar-refractivity contribution in [1.82, 2.24) is 9.97 Å². The van der Waals surface area contributed by atoms with Gasteiger partial charge in [0.05, 0.1) is 18.1 Å². The minimum atomic E-state index is -3.88. The highest BCUT2D eigenvalue weighted by Gasteiger charge is 2.15. The number of nitrogens with zero attached hydrogens (tertiary/aromatic N) is 2. The molecule has 0 aliphatic rings. The van der Waals surface area contributed by atoms with Crippen LogP contribution in [0.15, 0.2) is 12.4 Å². The van der Waals surface area contributed by atoms with Gasteiger partial charge >= 0.3 is 5.97 Å². The molecular formula is C7H9N3O4S. The van der Waals surface area contributed by atoms with Gasteiger partial charge in [0.1, 0.15) is 5.82 Å². The molecule has 0 unspecified atom stereocenters. The van der Waals surface area contributed by atoms with E-state index in [4.69, 9.17) is 5.11 Å². The van der Waals surface area contributed by atoms with Gasteiger partial charge in [-0.25, -0.2) is 18.4 Å². The standard InChI is InChI=1S/C7H9N3O4S/c1-5-8-2-6(3-9-5)10-15(13,14)4-7(11)12/h2-3,10H,4H2,1H3,(H,11,12). The van der Waals surface area contributed by atoms with Gasteiger partial charge in [-0.2, -0.15) is 0 Å². The number of aromatic nitrogens is 2. The Morgan fingerprint density at radius 3 is 2.47 bits per heavy atom. The van der Waals surface area contributed by atoms with Crippen LogP contribution in [0.4, 0.5) is 5.69 Å². The van der Waals surface area contributed by atoms with Crippen molar-refractivity contribution in [3.05, 3.63) is 18.2 Å². The van der Waals surface area contributed by atoms with E-state index in [0.717, 1.165) is 0 Å². The van der Waals surface area contributed by atoms with Crippen LogP contribution in [0.3, 0.4) is 0 Å². The average Bonchev–Trinajstić information content (AvgIpc) is 2.06. The molecule has 0 saturated carbocycles. The second-order valence-electron chi connectivity index (χ2n) is 2.77. The fourth-order valence-corrected chi connectivity index (χ4v) is 1.69. The predicted molar refractivity (Wildman–Crippen MR) is 51.8 cm³/mol. The first-order valence-corrected chi connectivity index (χ1v) is 5.55. The summed E-state index contributed by atoms with van der Waals surface area (Å²) in [7, 11) is -3.88. The Morgan fingerprint density at radius 2 is 2.00 bits per heavy atom. The van der Waals surface area contributed by atoms with Crippen molar-refractivity contribution in [3.63, 3.8) is 0 Å². The summed E-state index contributed by atoms with van der Waals surface area (Å²) >= 11 is 0. The molecule has 0 spiro atoms. The zero-order chi connectivity index (χ0) is 11.5. The van der Waals surface area contributed by atoms with Crippen molar-refractivity contribution in [2.75, 3.05) is 10.5 Å². The lowest BCUT2D eigenvalue weighted by Crippen LogP contribution is -2.22. The summed E-state index contributed by atoms with van der Waals surface area (Å²) in [5.74, 6) is -1.91. The number of nitrogens with one attached hydrogen (secondary N) is 1. The first kappa shape index (κ1) is 11.4. The highest BCUT2D eigenvalue weighted by Crippen LogP contribution is 2.05. The molecule has 0 aliphatic carbocycles. The molecule has 1 aromatic heterocycles. The monoisotopic (exact) mass is 231 g/mol. The largest absolute Gasteiger partial charge is 0.480 e. The Balaban J connectivity index is 2.78. The number of aliphatic carboxylic acids is 1. The van der Waals surface area contributed by atoms with E-state index >= 15 is 0 Å². The van der Waals surface area contributed by atoms with E-state index in [0.29, 0.717) is 5.82 Å². The highest BCUT2D eigenvalue weighted by molar-refractivity contribution is 7.93. The smallest absolute Gasteiger partial charge is 0.320 e. The van der Waals surface area contributed by atoms with Crippen molar-refractivity contribution in [2.45, 2.75) is 6.92 Å². The maximum atomic E-state index is 11.1. The van der Waals surface area contributed by atoms with E-state index < -0.39 is 21.7 Å². The molecule has 0 amide bonds. The van der Waals surface area contributed by atoms with Crippen LogP contribution in [0.25, 0.3) is 0 Å². The van der Waals surface area contributed by atoms with Gasteiger partial charge in [0.25, 0.3) is 0 Å².